The van der Waals surface area contributed by atoms with Gasteiger partial charge in [0.1, 0.15) is 12.6 Å². The predicted octanol–water partition coefficient (Wildman–Crippen LogP) is 0.705. The molecule has 0 spiro atoms. The van der Waals surface area contributed by atoms with Gasteiger partial charge in [-0.05, 0) is 48.9 Å². The van der Waals surface area contributed by atoms with Crippen molar-refractivity contribution in [2.45, 2.75) is 64.9 Å². The molecule has 3 atom stereocenters. The third-order valence-corrected chi connectivity index (χ3v) is 6.61. The first-order valence-electron chi connectivity index (χ1n) is 12.4. The monoisotopic (exact) mass is 517 g/mol. The number of carboxylic acids is 1. The number of ketones is 1. The van der Waals surface area contributed by atoms with Gasteiger partial charge in [0, 0.05) is 29.9 Å². The fourth-order valence-electron chi connectivity index (χ4n) is 4.37. The summed E-state index contributed by atoms with van der Waals surface area (Å²) in [5.41, 5.74) is 0.388. The number of Topliss-reactive ketones (excluding diaryl/α,β-unsaturated/α-hetero) is 1. The van der Waals surface area contributed by atoms with Crippen LogP contribution >= 0.6 is 0 Å². The number of likely N-dealkylation sites (tertiary alicyclic amines) is 1. The van der Waals surface area contributed by atoms with Gasteiger partial charge in [0.25, 0.3) is 11.8 Å². The molecule has 11 nitrogen and oxygen atoms in total. The van der Waals surface area contributed by atoms with Crippen LogP contribution in [0.25, 0.3) is 0 Å². The lowest BCUT2D eigenvalue weighted by atomic mass is 9.64. The quantitative estimate of drug-likeness (QED) is 0.252. The summed E-state index contributed by atoms with van der Waals surface area (Å²) < 4.78 is 0. The fraction of sp³-hybridized carbons (Fsp3) is 0.560. The van der Waals surface area contributed by atoms with E-state index in [9.17, 15) is 34.0 Å². The number of rotatable bonds is 12. The molecule has 202 valence electrons. The van der Waals surface area contributed by atoms with Crippen LogP contribution in [0.3, 0.4) is 0 Å². The standard InChI is InChI=1S/C25H36BN3O8/c1-14(2)18(26(36)37)12-20(30)19-6-5-11-29(19)25(35)22(15(3)4)28-24(34)17-9-7-16(8-10-17)23(33)27-13-21(31)32/h7-10,14-15,18-19,22,36-37H,5-6,11-13H2,1-4H3,(H,27,33)(H,28,34)(H,31,32)/t18-,19-,22-/m0/s1. The van der Waals surface area contributed by atoms with Crippen molar-refractivity contribution in [2.75, 3.05) is 13.1 Å². The number of carboxylic acid groups (broad SMARTS) is 1. The molecule has 1 fully saturated rings. The van der Waals surface area contributed by atoms with Gasteiger partial charge in [-0.3, -0.25) is 24.0 Å². The van der Waals surface area contributed by atoms with Crippen molar-refractivity contribution in [1.82, 2.24) is 15.5 Å². The summed E-state index contributed by atoms with van der Waals surface area (Å²) >= 11 is 0. The van der Waals surface area contributed by atoms with E-state index < -0.39 is 49.3 Å². The summed E-state index contributed by atoms with van der Waals surface area (Å²) in [5, 5.41) is 32.9. The van der Waals surface area contributed by atoms with E-state index in [1.807, 2.05) is 0 Å². The van der Waals surface area contributed by atoms with Crippen LogP contribution in [-0.2, 0) is 14.4 Å². The van der Waals surface area contributed by atoms with Gasteiger partial charge in [0.05, 0.1) is 6.04 Å². The zero-order valence-electron chi connectivity index (χ0n) is 21.6. The second-order valence-electron chi connectivity index (χ2n) is 10.0. The molecule has 0 unspecified atom stereocenters. The third kappa shape index (κ3) is 8.12. The number of carbonyl (C=O) groups excluding carboxylic acids is 4. The minimum atomic E-state index is -1.63. The Hall–Kier alpha value is -3.25. The van der Waals surface area contributed by atoms with Gasteiger partial charge < -0.3 is 30.7 Å². The lowest BCUT2D eigenvalue weighted by Gasteiger charge is -2.31. The average molecular weight is 517 g/mol. The summed E-state index contributed by atoms with van der Waals surface area (Å²) in [6, 6.07) is 3.99. The molecule has 37 heavy (non-hydrogen) atoms. The van der Waals surface area contributed by atoms with Crippen molar-refractivity contribution in [1.29, 1.82) is 0 Å². The van der Waals surface area contributed by atoms with Crippen molar-refractivity contribution >= 4 is 36.6 Å². The van der Waals surface area contributed by atoms with E-state index >= 15 is 0 Å². The van der Waals surface area contributed by atoms with E-state index in [0.717, 1.165) is 0 Å². The van der Waals surface area contributed by atoms with Crippen LogP contribution in [0.2, 0.25) is 5.82 Å². The Morgan fingerprint density at radius 3 is 2.03 bits per heavy atom. The normalized spacial score (nSPS) is 16.9. The second-order valence-corrected chi connectivity index (χ2v) is 10.0. The number of aliphatic carboxylic acids is 1. The number of hydrogen-bond acceptors (Lipinski definition) is 7. The van der Waals surface area contributed by atoms with Gasteiger partial charge in [-0.2, -0.15) is 0 Å². The third-order valence-electron chi connectivity index (χ3n) is 6.61. The number of benzene rings is 1. The highest BCUT2D eigenvalue weighted by molar-refractivity contribution is 6.43. The molecule has 1 aliphatic heterocycles. The van der Waals surface area contributed by atoms with Crippen LogP contribution in [0.15, 0.2) is 24.3 Å². The Labute approximate surface area is 216 Å². The topological polar surface area (TPSA) is 173 Å². The van der Waals surface area contributed by atoms with Gasteiger partial charge in [-0.1, -0.05) is 27.7 Å². The molecule has 0 aromatic heterocycles. The lowest BCUT2D eigenvalue weighted by Crippen LogP contribution is -2.54. The molecule has 3 amide bonds. The van der Waals surface area contributed by atoms with E-state index in [4.69, 9.17) is 5.11 Å². The van der Waals surface area contributed by atoms with E-state index in [1.165, 1.54) is 29.2 Å². The van der Waals surface area contributed by atoms with Crippen molar-refractivity contribution in [3.8, 4) is 0 Å². The second kappa shape index (κ2) is 13.3. The molecular formula is C25H36BN3O8. The van der Waals surface area contributed by atoms with Gasteiger partial charge in [0.2, 0.25) is 5.91 Å². The summed E-state index contributed by atoms with van der Waals surface area (Å²) in [4.78, 5) is 63.4. The van der Waals surface area contributed by atoms with E-state index in [2.05, 4.69) is 10.6 Å². The summed E-state index contributed by atoms with van der Waals surface area (Å²) in [5.74, 6) is -3.97. The van der Waals surface area contributed by atoms with E-state index in [1.54, 1.807) is 27.7 Å². The zero-order valence-corrected chi connectivity index (χ0v) is 21.6. The van der Waals surface area contributed by atoms with Gasteiger partial charge in [-0.15, -0.1) is 0 Å². The molecule has 0 bridgehead atoms. The van der Waals surface area contributed by atoms with Crippen LogP contribution in [0.1, 0.15) is 67.7 Å². The highest BCUT2D eigenvalue weighted by Crippen LogP contribution is 2.28. The smallest absolute Gasteiger partial charge is 0.455 e. The largest absolute Gasteiger partial charge is 0.480 e. The average Bonchev–Trinajstić information content (AvgIpc) is 3.33. The van der Waals surface area contributed by atoms with Gasteiger partial charge in [0.15, 0.2) is 5.78 Å². The first-order valence-corrected chi connectivity index (χ1v) is 12.4. The molecule has 1 aromatic carbocycles. The van der Waals surface area contributed by atoms with Crippen molar-refractivity contribution in [3.63, 3.8) is 0 Å². The molecule has 2 rings (SSSR count). The Balaban J connectivity index is 2.10. The molecule has 0 radical (unpaired) electrons. The molecular weight excluding hydrogens is 481 g/mol. The molecule has 1 aromatic rings. The lowest BCUT2D eigenvalue weighted by molar-refractivity contribution is -0.140. The molecule has 0 aliphatic carbocycles. The van der Waals surface area contributed by atoms with Crippen LogP contribution in [-0.4, -0.2) is 81.8 Å². The van der Waals surface area contributed by atoms with Crippen LogP contribution in [0.5, 0.6) is 0 Å². The Morgan fingerprint density at radius 1 is 0.973 bits per heavy atom. The number of nitrogens with zero attached hydrogens (tertiary/aromatic N) is 1. The van der Waals surface area contributed by atoms with Crippen molar-refractivity contribution in [2.24, 2.45) is 11.8 Å². The first-order chi connectivity index (χ1) is 17.3. The Morgan fingerprint density at radius 2 is 1.54 bits per heavy atom. The van der Waals surface area contributed by atoms with E-state index in [-0.39, 0.29) is 41.1 Å². The summed E-state index contributed by atoms with van der Waals surface area (Å²) in [7, 11) is -1.63. The molecule has 1 aliphatic rings. The molecule has 12 heteroatoms. The molecule has 1 heterocycles. The number of nitrogens with one attached hydrogen (secondary N) is 2. The predicted molar refractivity (Wildman–Crippen MR) is 136 cm³/mol. The van der Waals surface area contributed by atoms with Crippen molar-refractivity contribution < 1.29 is 39.1 Å². The minimum Gasteiger partial charge on any atom is -0.480 e. The SMILES string of the molecule is CC(C)[C@H](CC(=O)[C@@H]1CCCN1C(=O)[C@@H](NC(=O)c1ccc(C(=O)NCC(=O)O)cc1)C(C)C)B(O)O. The van der Waals surface area contributed by atoms with Gasteiger partial charge in [-0.25, -0.2) is 0 Å². The maximum Gasteiger partial charge on any atom is 0.455 e. The number of carbonyl (C=O) groups is 5. The van der Waals surface area contributed by atoms with Gasteiger partial charge >= 0.3 is 13.1 Å². The maximum atomic E-state index is 13.5. The van der Waals surface area contributed by atoms with E-state index in [0.29, 0.717) is 19.4 Å². The Bertz CT molecular complexity index is 988. The highest BCUT2D eigenvalue weighted by Gasteiger charge is 2.40. The van der Waals surface area contributed by atoms with Crippen LogP contribution in [0, 0.1) is 11.8 Å². The number of hydrogen-bond donors (Lipinski definition) is 5. The molecule has 5 N–H and O–H groups in total. The fourth-order valence-corrected chi connectivity index (χ4v) is 4.37. The summed E-state index contributed by atoms with van der Waals surface area (Å²) in [6.45, 7) is 6.99. The highest BCUT2D eigenvalue weighted by atomic mass is 16.4. The maximum absolute atomic E-state index is 13.5. The zero-order chi connectivity index (χ0) is 27.9. The summed E-state index contributed by atoms with van der Waals surface area (Å²) in [6.07, 6.45) is 1.04. The van der Waals surface area contributed by atoms with Crippen molar-refractivity contribution in [3.05, 3.63) is 35.4 Å². The number of amides is 3. The van der Waals surface area contributed by atoms with Crippen LogP contribution in [0.4, 0.5) is 0 Å². The first kappa shape index (κ1) is 30.0. The Kier molecular flexibility index (Phi) is 10.8. The molecule has 0 saturated carbocycles. The minimum absolute atomic E-state index is 0.0606. The molecule has 1 saturated heterocycles. The van der Waals surface area contributed by atoms with Crippen LogP contribution < -0.4 is 10.6 Å².